The number of ether oxygens (including phenoxy) is 1. The molecular formula is C17H20N4O4S. The molecule has 0 amide bonds. The van der Waals surface area contributed by atoms with Crippen molar-refractivity contribution in [3.63, 3.8) is 0 Å². The smallest absolute Gasteiger partial charge is 0.237 e. The van der Waals surface area contributed by atoms with Crippen molar-refractivity contribution in [2.45, 2.75) is 31.6 Å². The molecule has 2 heterocycles. The second kappa shape index (κ2) is 6.31. The quantitative estimate of drug-likeness (QED) is 0.680. The van der Waals surface area contributed by atoms with Gasteiger partial charge in [-0.25, -0.2) is 8.42 Å². The third kappa shape index (κ3) is 3.03. The van der Waals surface area contributed by atoms with E-state index in [1.54, 1.807) is 10.9 Å². The number of rotatable bonds is 7. The van der Waals surface area contributed by atoms with E-state index in [1.807, 2.05) is 31.3 Å². The average molecular weight is 376 g/mol. The van der Waals surface area contributed by atoms with Crippen molar-refractivity contribution in [3.8, 4) is 5.75 Å². The molecule has 0 bridgehead atoms. The minimum Gasteiger partial charge on any atom is -0.496 e. The molecule has 1 fully saturated rings. The fourth-order valence-electron chi connectivity index (χ4n) is 3.23. The first kappa shape index (κ1) is 16.9. The van der Waals surface area contributed by atoms with Gasteiger partial charge < -0.3 is 9.26 Å². The van der Waals surface area contributed by atoms with Gasteiger partial charge in [0.1, 0.15) is 11.1 Å². The Morgan fingerprint density at radius 2 is 2.27 bits per heavy atom. The minimum absolute atomic E-state index is 0.171. The van der Waals surface area contributed by atoms with Crippen LogP contribution in [0.5, 0.6) is 5.75 Å². The van der Waals surface area contributed by atoms with Gasteiger partial charge in [0, 0.05) is 12.4 Å². The maximum atomic E-state index is 12.5. The fourth-order valence-corrected chi connectivity index (χ4v) is 4.99. The molecule has 1 aliphatic rings. The van der Waals surface area contributed by atoms with E-state index >= 15 is 0 Å². The summed E-state index contributed by atoms with van der Waals surface area (Å²) >= 11 is 0. The Morgan fingerprint density at radius 3 is 2.92 bits per heavy atom. The van der Waals surface area contributed by atoms with Crippen molar-refractivity contribution < 1.29 is 17.7 Å². The Balaban J connectivity index is 1.67. The topological polar surface area (TPSA) is 99.2 Å². The van der Waals surface area contributed by atoms with E-state index in [2.05, 4.69) is 15.0 Å². The predicted molar refractivity (Wildman–Crippen MR) is 96.6 cm³/mol. The van der Waals surface area contributed by atoms with Crippen molar-refractivity contribution in [2.75, 3.05) is 11.8 Å². The molecule has 1 N–H and O–H groups in total. The Kier molecular flexibility index (Phi) is 4.10. The van der Waals surface area contributed by atoms with E-state index in [-0.39, 0.29) is 17.0 Å². The molecule has 1 aliphatic carbocycles. The van der Waals surface area contributed by atoms with Crippen molar-refractivity contribution >= 4 is 26.8 Å². The number of nitrogens with one attached hydrogen (secondary N) is 1. The first-order valence-electron chi connectivity index (χ1n) is 8.47. The molecule has 1 aromatic carbocycles. The molecule has 0 spiro atoms. The summed E-state index contributed by atoms with van der Waals surface area (Å²) in [7, 11) is -1.95. The zero-order valence-electron chi connectivity index (χ0n) is 14.5. The van der Waals surface area contributed by atoms with Crippen molar-refractivity contribution in [2.24, 2.45) is 5.92 Å². The second-order valence-electron chi connectivity index (χ2n) is 6.50. The molecule has 8 nitrogen and oxygen atoms in total. The third-order valence-corrected chi connectivity index (χ3v) is 6.59. The van der Waals surface area contributed by atoms with Crippen LogP contribution in [0, 0.1) is 5.92 Å². The summed E-state index contributed by atoms with van der Waals surface area (Å²) in [6.45, 7) is 2.54. The Bertz CT molecular complexity index is 1030. The summed E-state index contributed by atoms with van der Waals surface area (Å²) in [6, 6.07) is 5.50. The van der Waals surface area contributed by atoms with E-state index in [4.69, 9.17) is 9.26 Å². The monoisotopic (exact) mass is 376 g/mol. The molecule has 1 saturated carbocycles. The van der Waals surface area contributed by atoms with Gasteiger partial charge in [0.15, 0.2) is 11.4 Å². The van der Waals surface area contributed by atoms with Crippen LogP contribution in [0.25, 0.3) is 11.0 Å². The van der Waals surface area contributed by atoms with E-state index in [0.29, 0.717) is 29.7 Å². The number of sulfonamides is 1. The number of nitrogens with zero attached hydrogens (tertiary/aromatic N) is 3. The number of hydrogen-bond donors (Lipinski definition) is 1. The van der Waals surface area contributed by atoms with Gasteiger partial charge in [0.25, 0.3) is 0 Å². The molecule has 3 aromatic rings. The van der Waals surface area contributed by atoms with Gasteiger partial charge in [-0.2, -0.15) is 5.10 Å². The van der Waals surface area contributed by atoms with Crippen LogP contribution in [0.2, 0.25) is 0 Å². The van der Waals surface area contributed by atoms with Crippen LogP contribution in [0.1, 0.15) is 25.3 Å². The Hall–Kier alpha value is -2.55. The SMILES string of the molecule is CC[C@@H]1C[C@@H]1S(=O)(=O)Nc1noc2cc(Cn3cccn3)cc(OC)c12. The van der Waals surface area contributed by atoms with E-state index in [0.717, 1.165) is 12.0 Å². The van der Waals surface area contributed by atoms with Gasteiger partial charge in [-0.15, -0.1) is 0 Å². The average Bonchev–Trinajstić information content (AvgIpc) is 3.10. The molecule has 0 unspecified atom stereocenters. The van der Waals surface area contributed by atoms with Gasteiger partial charge in [-0.3, -0.25) is 9.40 Å². The number of hydrogen-bond acceptors (Lipinski definition) is 6. The van der Waals surface area contributed by atoms with E-state index < -0.39 is 10.0 Å². The van der Waals surface area contributed by atoms with Crippen LogP contribution in [0.4, 0.5) is 5.82 Å². The van der Waals surface area contributed by atoms with Gasteiger partial charge >= 0.3 is 0 Å². The highest BCUT2D eigenvalue weighted by Crippen LogP contribution is 2.41. The minimum atomic E-state index is -3.48. The number of anilines is 1. The largest absolute Gasteiger partial charge is 0.496 e. The maximum absolute atomic E-state index is 12.5. The lowest BCUT2D eigenvalue weighted by Crippen LogP contribution is -2.19. The molecule has 138 valence electrons. The highest BCUT2D eigenvalue weighted by atomic mass is 32.2. The van der Waals surface area contributed by atoms with Crippen molar-refractivity contribution in [1.82, 2.24) is 14.9 Å². The number of aromatic nitrogens is 3. The first-order valence-corrected chi connectivity index (χ1v) is 10.0. The van der Waals surface area contributed by atoms with Crippen molar-refractivity contribution in [1.29, 1.82) is 0 Å². The second-order valence-corrected chi connectivity index (χ2v) is 8.40. The number of benzene rings is 1. The van der Waals surface area contributed by atoms with Crippen LogP contribution >= 0.6 is 0 Å². The summed E-state index contributed by atoms with van der Waals surface area (Å²) < 4.78 is 40.2. The highest BCUT2D eigenvalue weighted by Gasteiger charge is 2.46. The van der Waals surface area contributed by atoms with Crippen molar-refractivity contribution in [3.05, 3.63) is 36.2 Å². The molecule has 2 atom stereocenters. The summed E-state index contributed by atoms with van der Waals surface area (Å²) in [5.74, 6) is 0.893. The maximum Gasteiger partial charge on any atom is 0.237 e. The lowest BCUT2D eigenvalue weighted by atomic mass is 10.1. The standard InChI is InChI=1S/C17H20N4O4S/c1-3-12-9-15(12)26(22,23)20-17-16-13(24-2)7-11(8-14(16)25-19-17)10-21-6-4-5-18-21/h4-8,12,15H,3,9-10H2,1-2H3,(H,19,20)/t12-,15+/m1/s1. The Morgan fingerprint density at radius 1 is 1.42 bits per heavy atom. The molecule has 0 saturated heterocycles. The van der Waals surface area contributed by atoms with Gasteiger partial charge in [0.2, 0.25) is 10.0 Å². The van der Waals surface area contributed by atoms with Crippen LogP contribution in [0.15, 0.2) is 35.1 Å². The molecule has 0 radical (unpaired) electrons. The van der Waals surface area contributed by atoms with Crippen LogP contribution in [0.3, 0.4) is 0 Å². The highest BCUT2D eigenvalue weighted by molar-refractivity contribution is 7.93. The zero-order valence-corrected chi connectivity index (χ0v) is 15.4. The predicted octanol–water partition coefficient (Wildman–Crippen LogP) is 2.62. The molecule has 0 aliphatic heterocycles. The van der Waals surface area contributed by atoms with Gasteiger partial charge in [0.05, 0.1) is 18.9 Å². The summed E-state index contributed by atoms with van der Waals surface area (Å²) in [5.41, 5.74) is 1.38. The number of fused-ring (bicyclic) bond motifs is 1. The zero-order chi connectivity index (χ0) is 18.3. The van der Waals surface area contributed by atoms with Gasteiger partial charge in [-0.05, 0) is 36.1 Å². The number of methoxy groups -OCH3 is 1. The normalized spacial score (nSPS) is 19.6. The Labute approximate surface area is 151 Å². The lowest BCUT2D eigenvalue weighted by Gasteiger charge is -2.08. The van der Waals surface area contributed by atoms with Gasteiger partial charge in [-0.1, -0.05) is 18.5 Å². The summed E-state index contributed by atoms with van der Waals surface area (Å²) in [5, 5.41) is 8.27. The van der Waals surface area contributed by atoms with Crippen LogP contribution in [-0.4, -0.2) is 35.7 Å². The lowest BCUT2D eigenvalue weighted by molar-refractivity contribution is 0.418. The third-order valence-electron chi connectivity index (χ3n) is 4.74. The molecule has 2 aromatic heterocycles. The first-order chi connectivity index (χ1) is 12.5. The molecular weight excluding hydrogens is 356 g/mol. The summed E-state index contributed by atoms with van der Waals surface area (Å²) in [6.07, 6.45) is 5.10. The van der Waals surface area contributed by atoms with E-state index in [1.165, 1.54) is 7.11 Å². The molecule has 26 heavy (non-hydrogen) atoms. The van der Waals surface area contributed by atoms with E-state index in [9.17, 15) is 8.42 Å². The summed E-state index contributed by atoms with van der Waals surface area (Å²) in [4.78, 5) is 0. The fraction of sp³-hybridized carbons (Fsp3) is 0.412. The molecule has 9 heteroatoms. The van der Waals surface area contributed by atoms with Crippen LogP contribution in [-0.2, 0) is 16.6 Å². The van der Waals surface area contributed by atoms with Crippen LogP contribution < -0.4 is 9.46 Å². The molecule has 4 rings (SSSR count).